The van der Waals surface area contributed by atoms with E-state index in [9.17, 15) is 9.90 Å². The highest BCUT2D eigenvalue weighted by atomic mass is 16.5. The number of carbonyl (C=O) groups excluding carboxylic acids is 1. The molecular weight excluding hydrogens is 456 g/mol. The molecule has 1 unspecified atom stereocenters. The van der Waals surface area contributed by atoms with Crippen LogP contribution in [0, 0.1) is 11.8 Å². The number of carbonyl (C=O) groups is 1. The standard InChI is InChI=1S/C29H32N2O5/c1-34-21-15-24-23(7-5-8-26(24)30-16-21)27(32)11-10-19-12-13-31(18-25(19)29(33)35-2)17-22-14-20-6-3-4-9-28(20)36-22/h3-9,14-16,19,25,27,32H,10-13,17-18H2,1-2H3/t19-,25+,27?/m1/s1. The molecule has 1 aliphatic heterocycles. The molecule has 2 aromatic heterocycles. The van der Waals surface area contributed by atoms with Crippen molar-refractivity contribution in [3.8, 4) is 5.75 Å². The fourth-order valence-electron chi connectivity index (χ4n) is 5.39. The summed E-state index contributed by atoms with van der Waals surface area (Å²) in [7, 11) is 3.05. The summed E-state index contributed by atoms with van der Waals surface area (Å²) in [6.07, 6.45) is 3.16. The molecule has 0 spiro atoms. The minimum Gasteiger partial charge on any atom is -0.495 e. The first-order valence-electron chi connectivity index (χ1n) is 12.4. The van der Waals surface area contributed by atoms with Crippen molar-refractivity contribution in [2.45, 2.75) is 31.9 Å². The van der Waals surface area contributed by atoms with Crippen LogP contribution < -0.4 is 4.74 Å². The van der Waals surface area contributed by atoms with Crippen LogP contribution in [0.25, 0.3) is 21.9 Å². The Morgan fingerprint density at radius 2 is 2.06 bits per heavy atom. The second-order valence-corrected chi connectivity index (χ2v) is 9.55. The third kappa shape index (κ3) is 5.08. The van der Waals surface area contributed by atoms with Gasteiger partial charge in [-0.1, -0.05) is 30.3 Å². The topological polar surface area (TPSA) is 85.0 Å². The number of esters is 1. The quantitative estimate of drug-likeness (QED) is 0.345. The summed E-state index contributed by atoms with van der Waals surface area (Å²) in [5.74, 6) is 1.26. The number of fused-ring (bicyclic) bond motifs is 2. The Morgan fingerprint density at radius 1 is 1.19 bits per heavy atom. The zero-order chi connectivity index (χ0) is 25.1. The number of rotatable bonds is 8. The van der Waals surface area contributed by atoms with Crippen LogP contribution in [0.2, 0.25) is 0 Å². The van der Waals surface area contributed by atoms with Crippen LogP contribution in [-0.2, 0) is 16.1 Å². The van der Waals surface area contributed by atoms with Crippen molar-refractivity contribution in [3.63, 3.8) is 0 Å². The van der Waals surface area contributed by atoms with Gasteiger partial charge in [0.25, 0.3) is 0 Å². The van der Waals surface area contributed by atoms with E-state index in [2.05, 4.69) is 16.0 Å². The number of benzene rings is 2. The van der Waals surface area contributed by atoms with E-state index in [-0.39, 0.29) is 17.8 Å². The number of hydrogen-bond donors (Lipinski definition) is 1. The largest absolute Gasteiger partial charge is 0.495 e. The molecule has 0 saturated carbocycles. The third-order valence-corrected chi connectivity index (χ3v) is 7.34. The molecule has 36 heavy (non-hydrogen) atoms. The average molecular weight is 489 g/mol. The van der Waals surface area contributed by atoms with Gasteiger partial charge in [0.2, 0.25) is 0 Å². The number of pyridine rings is 1. The van der Waals surface area contributed by atoms with Crippen LogP contribution in [0.1, 0.15) is 36.7 Å². The number of nitrogens with zero attached hydrogens (tertiary/aromatic N) is 2. The van der Waals surface area contributed by atoms with Crippen LogP contribution in [0.5, 0.6) is 5.75 Å². The SMILES string of the molecule is COC(=O)[C@H]1CN(Cc2cc3ccccc3o2)CC[C@H]1CCC(O)c1cccc2ncc(OC)cc12. The van der Waals surface area contributed by atoms with Gasteiger partial charge in [-0.3, -0.25) is 14.7 Å². The maximum Gasteiger partial charge on any atom is 0.310 e. The summed E-state index contributed by atoms with van der Waals surface area (Å²) in [5, 5.41) is 13.1. The summed E-state index contributed by atoms with van der Waals surface area (Å²) in [6, 6.07) is 17.7. The second-order valence-electron chi connectivity index (χ2n) is 9.55. The van der Waals surface area contributed by atoms with Gasteiger partial charge in [0.1, 0.15) is 17.1 Å². The van der Waals surface area contributed by atoms with Crippen LogP contribution in [-0.4, -0.2) is 48.3 Å². The number of piperidine rings is 1. The van der Waals surface area contributed by atoms with E-state index in [0.29, 0.717) is 25.3 Å². The first kappa shape index (κ1) is 24.3. The smallest absolute Gasteiger partial charge is 0.310 e. The van der Waals surface area contributed by atoms with Crippen molar-refractivity contribution in [1.29, 1.82) is 0 Å². The Hall–Kier alpha value is -3.42. The zero-order valence-corrected chi connectivity index (χ0v) is 20.7. The van der Waals surface area contributed by atoms with Crippen molar-refractivity contribution in [2.24, 2.45) is 11.8 Å². The summed E-state index contributed by atoms with van der Waals surface area (Å²) >= 11 is 0. The lowest BCUT2D eigenvalue weighted by molar-refractivity contribution is -0.150. The van der Waals surface area contributed by atoms with Crippen LogP contribution in [0.4, 0.5) is 0 Å². The number of aromatic nitrogens is 1. The monoisotopic (exact) mass is 488 g/mol. The molecule has 1 fully saturated rings. The van der Waals surface area contributed by atoms with Crippen molar-refractivity contribution in [3.05, 3.63) is 72.1 Å². The first-order valence-corrected chi connectivity index (χ1v) is 12.4. The molecule has 1 N–H and O–H groups in total. The summed E-state index contributed by atoms with van der Waals surface area (Å²) in [5.41, 5.74) is 2.52. The van der Waals surface area contributed by atoms with Gasteiger partial charge < -0.3 is 19.0 Å². The highest BCUT2D eigenvalue weighted by molar-refractivity contribution is 5.83. The molecule has 7 heteroatoms. The molecule has 0 bridgehead atoms. The molecule has 2 aromatic carbocycles. The maximum atomic E-state index is 12.7. The van der Waals surface area contributed by atoms with E-state index >= 15 is 0 Å². The van der Waals surface area contributed by atoms with E-state index in [1.54, 1.807) is 13.3 Å². The Kier molecular flexibility index (Phi) is 7.20. The number of para-hydroxylation sites is 1. The molecule has 1 aliphatic rings. The Morgan fingerprint density at radius 3 is 2.86 bits per heavy atom. The van der Waals surface area contributed by atoms with E-state index < -0.39 is 6.10 Å². The van der Waals surface area contributed by atoms with Crippen LogP contribution >= 0.6 is 0 Å². The van der Waals surface area contributed by atoms with Gasteiger partial charge in [-0.05, 0) is 61.6 Å². The van der Waals surface area contributed by atoms with Gasteiger partial charge in [-0.15, -0.1) is 0 Å². The number of methoxy groups -OCH3 is 2. The molecule has 0 amide bonds. The molecule has 0 aliphatic carbocycles. The molecule has 0 radical (unpaired) electrons. The van der Waals surface area contributed by atoms with Crippen molar-refractivity contribution < 1.29 is 23.8 Å². The summed E-state index contributed by atoms with van der Waals surface area (Å²) in [4.78, 5) is 19.4. The molecule has 7 nitrogen and oxygen atoms in total. The lowest BCUT2D eigenvalue weighted by atomic mass is 9.81. The molecule has 4 aromatic rings. The summed E-state index contributed by atoms with van der Waals surface area (Å²) in [6.45, 7) is 2.13. The van der Waals surface area contributed by atoms with Gasteiger partial charge in [-0.2, -0.15) is 0 Å². The van der Waals surface area contributed by atoms with E-state index in [1.165, 1.54) is 7.11 Å². The lowest BCUT2D eigenvalue weighted by Crippen LogP contribution is -2.44. The fraction of sp³-hybridized carbons (Fsp3) is 0.379. The van der Waals surface area contributed by atoms with Crippen LogP contribution in [0.3, 0.4) is 0 Å². The average Bonchev–Trinajstić information content (AvgIpc) is 3.33. The van der Waals surface area contributed by atoms with Gasteiger partial charge in [0, 0.05) is 17.3 Å². The Balaban J connectivity index is 1.26. The van der Waals surface area contributed by atoms with Gasteiger partial charge in [0.15, 0.2) is 0 Å². The highest BCUT2D eigenvalue weighted by Crippen LogP contribution is 2.34. The minimum atomic E-state index is -0.658. The molecule has 3 atom stereocenters. The van der Waals surface area contributed by atoms with Crippen molar-refractivity contribution in [1.82, 2.24) is 9.88 Å². The minimum absolute atomic E-state index is 0.140. The zero-order valence-electron chi connectivity index (χ0n) is 20.7. The van der Waals surface area contributed by atoms with E-state index in [1.807, 2.05) is 48.5 Å². The van der Waals surface area contributed by atoms with Gasteiger partial charge in [0.05, 0.1) is 44.5 Å². The number of ether oxygens (including phenoxy) is 2. The van der Waals surface area contributed by atoms with E-state index in [4.69, 9.17) is 13.9 Å². The van der Waals surface area contributed by atoms with E-state index in [0.717, 1.165) is 52.6 Å². The van der Waals surface area contributed by atoms with Crippen LogP contribution in [0.15, 0.2) is 65.2 Å². The predicted octanol–water partition coefficient (Wildman–Crippen LogP) is 5.11. The normalized spacial score (nSPS) is 19.4. The maximum absolute atomic E-state index is 12.7. The predicted molar refractivity (Wildman–Crippen MR) is 138 cm³/mol. The number of furan rings is 1. The molecule has 5 rings (SSSR count). The molecule has 188 valence electrons. The van der Waals surface area contributed by atoms with Gasteiger partial charge >= 0.3 is 5.97 Å². The second kappa shape index (κ2) is 10.7. The number of aliphatic hydroxyl groups excluding tert-OH is 1. The highest BCUT2D eigenvalue weighted by Gasteiger charge is 2.35. The summed E-state index contributed by atoms with van der Waals surface area (Å²) < 4.78 is 16.5. The van der Waals surface area contributed by atoms with Crippen molar-refractivity contribution in [2.75, 3.05) is 27.3 Å². The fourth-order valence-corrected chi connectivity index (χ4v) is 5.39. The number of likely N-dealkylation sites (tertiary alicyclic amines) is 1. The van der Waals surface area contributed by atoms with Gasteiger partial charge in [-0.25, -0.2) is 0 Å². The molecule has 3 heterocycles. The third-order valence-electron chi connectivity index (χ3n) is 7.34. The lowest BCUT2D eigenvalue weighted by Gasteiger charge is -2.37. The molecule has 1 saturated heterocycles. The first-order chi connectivity index (χ1) is 17.6. The Labute approximate surface area is 210 Å². The van der Waals surface area contributed by atoms with Crippen molar-refractivity contribution >= 4 is 27.8 Å². The Bertz CT molecular complexity index is 1320. The number of aliphatic hydroxyl groups is 1. The number of hydrogen-bond acceptors (Lipinski definition) is 7. The molecular formula is C29H32N2O5.